The van der Waals surface area contributed by atoms with Gasteiger partial charge in [0, 0.05) is 19.1 Å². The van der Waals surface area contributed by atoms with Crippen LogP contribution in [-0.4, -0.2) is 32.0 Å². The Morgan fingerprint density at radius 1 is 1.23 bits per heavy atom. The summed E-state index contributed by atoms with van der Waals surface area (Å²) in [5, 5.41) is 21.6. The molecule has 2 aromatic heterocycles. The molecule has 2 heterocycles. The van der Waals surface area contributed by atoms with E-state index in [1.54, 1.807) is 17.9 Å². The predicted molar refractivity (Wildman–Crippen MR) is 118 cm³/mol. The lowest BCUT2D eigenvalue weighted by Crippen LogP contribution is -2.33. The van der Waals surface area contributed by atoms with Crippen molar-refractivity contribution < 1.29 is 13.9 Å². The standard InChI is InChI=1S/C20H25F2N7OS/c1-29-18(26-11-7-5-10(23)6-8-11)14(9-25-29)27-19(30)16-17(24)31-20(28-16)15-12(21)3-2-4-13(15)22/h2-4,9-11,19,26-27,30H,5-8,23-24H2,1H3/t10-,11+,19?. The number of hydrogen-bond acceptors (Lipinski definition) is 8. The molecule has 31 heavy (non-hydrogen) atoms. The zero-order valence-electron chi connectivity index (χ0n) is 17.0. The summed E-state index contributed by atoms with van der Waals surface area (Å²) in [5.74, 6) is -0.768. The van der Waals surface area contributed by atoms with E-state index in [2.05, 4.69) is 20.7 Å². The number of nitrogens with one attached hydrogen (secondary N) is 2. The molecule has 0 amide bonds. The van der Waals surface area contributed by atoms with E-state index in [-0.39, 0.29) is 33.3 Å². The van der Waals surface area contributed by atoms with Gasteiger partial charge in [-0.3, -0.25) is 4.68 Å². The number of thiazole rings is 1. The number of halogens is 2. The van der Waals surface area contributed by atoms with Gasteiger partial charge in [0.2, 0.25) is 0 Å². The molecule has 1 saturated carbocycles. The number of aliphatic hydroxyl groups is 1. The van der Waals surface area contributed by atoms with Crippen molar-refractivity contribution in [1.82, 2.24) is 14.8 Å². The van der Waals surface area contributed by atoms with Crippen molar-refractivity contribution in [2.45, 2.75) is 44.0 Å². The number of aliphatic hydroxyl groups excluding tert-OH is 1. The predicted octanol–water partition coefficient (Wildman–Crippen LogP) is 3.19. The maximum Gasteiger partial charge on any atom is 0.171 e. The molecule has 8 nitrogen and oxygen atoms in total. The molecule has 7 N–H and O–H groups in total. The lowest BCUT2D eigenvalue weighted by atomic mass is 9.92. The number of hydrogen-bond donors (Lipinski definition) is 5. The highest BCUT2D eigenvalue weighted by atomic mass is 32.1. The van der Waals surface area contributed by atoms with Crippen molar-refractivity contribution in [3.63, 3.8) is 0 Å². The third kappa shape index (κ3) is 4.48. The van der Waals surface area contributed by atoms with Crippen molar-refractivity contribution >= 4 is 27.8 Å². The van der Waals surface area contributed by atoms with Crippen LogP contribution in [0.2, 0.25) is 0 Å². The molecule has 0 saturated heterocycles. The molecule has 1 atom stereocenters. The van der Waals surface area contributed by atoms with Crippen LogP contribution in [0.1, 0.15) is 37.6 Å². The van der Waals surface area contributed by atoms with Crippen LogP contribution in [0.3, 0.4) is 0 Å². The number of aryl methyl sites for hydroxylation is 1. The Kier molecular flexibility index (Phi) is 6.08. The summed E-state index contributed by atoms with van der Waals surface area (Å²) in [6.07, 6.45) is 4.09. The summed E-state index contributed by atoms with van der Waals surface area (Å²) in [5.41, 5.74) is 12.4. The molecule has 0 radical (unpaired) electrons. The Labute approximate surface area is 182 Å². The van der Waals surface area contributed by atoms with Gasteiger partial charge in [-0.05, 0) is 37.8 Å². The Morgan fingerprint density at radius 3 is 2.58 bits per heavy atom. The first-order chi connectivity index (χ1) is 14.8. The van der Waals surface area contributed by atoms with E-state index < -0.39 is 17.9 Å². The topological polar surface area (TPSA) is 127 Å². The molecule has 166 valence electrons. The number of aromatic nitrogens is 3. The van der Waals surface area contributed by atoms with E-state index in [9.17, 15) is 13.9 Å². The largest absolute Gasteiger partial charge is 0.389 e. The lowest BCUT2D eigenvalue weighted by Gasteiger charge is -2.28. The van der Waals surface area contributed by atoms with Crippen LogP contribution in [0.4, 0.5) is 25.3 Å². The lowest BCUT2D eigenvalue weighted by molar-refractivity contribution is 0.205. The van der Waals surface area contributed by atoms with Gasteiger partial charge in [0.1, 0.15) is 33.2 Å². The minimum atomic E-state index is -1.29. The number of anilines is 3. The highest BCUT2D eigenvalue weighted by molar-refractivity contribution is 7.18. The second-order valence-corrected chi connectivity index (χ2v) is 8.73. The molecule has 1 aliphatic carbocycles. The first kappa shape index (κ1) is 21.5. The average Bonchev–Trinajstić information content (AvgIpc) is 3.27. The number of nitrogens with zero attached hydrogens (tertiary/aromatic N) is 3. The van der Waals surface area contributed by atoms with Crippen LogP contribution in [0.25, 0.3) is 10.6 Å². The van der Waals surface area contributed by atoms with Gasteiger partial charge in [0.15, 0.2) is 6.23 Å². The van der Waals surface area contributed by atoms with Gasteiger partial charge in [-0.15, -0.1) is 0 Å². The van der Waals surface area contributed by atoms with E-state index in [1.807, 2.05) is 0 Å². The molecule has 1 fully saturated rings. The van der Waals surface area contributed by atoms with Crippen molar-refractivity contribution in [3.8, 4) is 10.6 Å². The average molecular weight is 450 g/mol. The summed E-state index contributed by atoms with van der Waals surface area (Å²) < 4.78 is 29.9. The van der Waals surface area contributed by atoms with E-state index in [0.717, 1.165) is 49.2 Å². The summed E-state index contributed by atoms with van der Waals surface area (Å²) >= 11 is 0.911. The van der Waals surface area contributed by atoms with E-state index >= 15 is 0 Å². The molecule has 3 aromatic rings. The van der Waals surface area contributed by atoms with Crippen LogP contribution in [0.15, 0.2) is 24.4 Å². The van der Waals surface area contributed by atoms with Gasteiger partial charge >= 0.3 is 0 Å². The fourth-order valence-electron chi connectivity index (χ4n) is 3.74. The molecule has 1 unspecified atom stereocenters. The van der Waals surface area contributed by atoms with Crippen LogP contribution in [0, 0.1) is 11.6 Å². The molecule has 0 spiro atoms. The highest BCUT2D eigenvalue weighted by Gasteiger charge is 2.24. The van der Waals surface area contributed by atoms with Crippen LogP contribution in [-0.2, 0) is 7.05 Å². The third-order valence-corrected chi connectivity index (χ3v) is 6.38. The normalized spacial score (nSPS) is 19.9. The van der Waals surface area contributed by atoms with Crippen molar-refractivity contribution in [1.29, 1.82) is 0 Å². The zero-order chi connectivity index (χ0) is 22.1. The van der Waals surface area contributed by atoms with Gasteiger partial charge in [0.25, 0.3) is 0 Å². The van der Waals surface area contributed by atoms with Crippen molar-refractivity contribution in [2.75, 3.05) is 16.4 Å². The summed E-state index contributed by atoms with van der Waals surface area (Å²) in [6, 6.07) is 4.07. The molecule has 0 aliphatic heterocycles. The van der Waals surface area contributed by atoms with E-state index in [1.165, 1.54) is 6.07 Å². The van der Waals surface area contributed by atoms with E-state index in [4.69, 9.17) is 11.5 Å². The minimum absolute atomic E-state index is 0.0621. The van der Waals surface area contributed by atoms with Crippen LogP contribution >= 0.6 is 11.3 Å². The second kappa shape index (κ2) is 8.77. The number of benzene rings is 1. The SMILES string of the molecule is Cn1ncc(NC(O)c2nc(-c3c(F)cccc3F)sc2N)c1N[C@H]1CC[C@@H](N)CC1. The number of nitrogens with two attached hydrogens (primary N) is 2. The van der Waals surface area contributed by atoms with Crippen LogP contribution < -0.4 is 22.1 Å². The van der Waals surface area contributed by atoms with Gasteiger partial charge < -0.3 is 27.2 Å². The Bertz CT molecular complexity index is 1040. The number of rotatable bonds is 6. The Hall–Kier alpha value is -2.76. The molecule has 1 aliphatic rings. The van der Waals surface area contributed by atoms with Gasteiger partial charge in [-0.2, -0.15) is 5.10 Å². The van der Waals surface area contributed by atoms with Crippen LogP contribution in [0.5, 0.6) is 0 Å². The summed E-state index contributed by atoms with van der Waals surface area (Å²) in [7, 11) is 1.80. The van der Waals surface area contributed by atoms with Gasteiger partial charge in [-0.1, -0.05) is 17.4 Å². The molecular weight excluding hydrogens is 424 g/mol. The first-order valence-corrected chi connectivity index (χ1v) is 10.8. The summed E-state index contributed by atoms with van der Waals surface area (Å²) in [6.45, 7) is 0. The fraction of sp³-hybridized carbons (Fsp3) is 0.400. The third-order valence-electron chi connectivity index (χ3n) is 5.46. The van der Waals surface area contributed by atoms with Gasteiger partial charge in [-0.25, -0.2) is 13.8 Å². The highest BCUT2D eigenvalue weighted by Crippen LogP contribution is 2.36. The van der Waals surface area contributed by atoms with Crippen molar-refractivity contribution in [2.24, 2.45) is 12.8 Å². The molecular formula is C20H25F2N7OS. The quantitative estimate of drug-likeness (QED) is 0.366. The molecule has 0 bridgehead atoms. The molecule has 1 aromatic carbocycles. The maximum atomic E-state index is 14.1. The Balaban J connectivity index is 1.53. The zero-order valence-corrected chi connectivity index (χ0v) is 17.8. The monoisotopic (exact) mass is 449 g/mol. The first-order valence-electron chi connectivity index (χ1n) is 10.0. The molecule has 11 heteroatoms. The second-order valence-electron chi connectivity index (χ2n) is 7.70. The smallest absolute Gasteiger partial charge is 0.171 e. The summed E-state index contributed by atoms with van der Waals surface area (Å²) in [4.78, 5) is 4.20. The fourth-order valence-corrected chi connectivity index (χ4v) is 4.65. The minimum Gasteiger partial charge on any atom is -0.389 e. The van der Waals surface area contributed by atoms with Crippen molar-refractivity contribution in [3.05, 3.63) is 41.7 Å². The molecule has 4 rings (SSSR count). The maximum absolute atomic E-state index is 14.1. The number of nitrogen functional groups attached to an aromatic ring is 1. The Morgan fingerprint density at radius 2 is 1.90 bits per heavy atom. The van der Waals surface area contributed by atoms with E-state index in [0.29, 0.717) is 11.5 Å². The van der Waals surface area contributed by atoms with Gasteiger partial charge in [0.05, 0.1) is 17.4 Å².